The van der Waals surface area contributed by atoms with Gasteiger partial charge in [0.2, 0.25) is 5.89 Å². The Hall–Kier alpha value is -1.65. The molecule has 0 aliphatic heterocycles. The van der Waals surface area contributed by atoms with Gasteiger partial charge in [0.15, 0.2) is 5.82 Å². The first-order valence-corrected chi connectivity index (χ1v) is 5.08. The SMILES string of the molecule is CCCc1nccn1Cc1nc(C)no1. The van der Waals surface area contributed by atoms with Crippen molar-refractivity contribution in [1.82, 2.24) is 19.7 Å². The first kappa shape index (κ1) is 9.89. The fraction of sp³-hybridized carbons (Fsp3) is 0.500. The van der Waals surface area contributed by atoms with Crippen molar-refractivity contribution in [2.45, 2.75) is 33.2 Å². The standard InChI is InChI=1S/C10H14N4O/c1-3-4-9-11-5-6-14(9)7-10-12-8(2)13-15-10/h5-6H,3-4,7H2,1-2H3. The molecular formula is C10H14N4O. The van der Waals surface area contributed by atoms with E-state index in [1.165, 1.54) is 0 Å². The van der Waals surface area contributed by atoms with Crippen molar-refractivity contribution in [3.8, 4) is 0 Å². The molecule has 0 amide bonds. The predicted molar refractivity (Wildman–Crippen MR) is 54.4 cm³/mol. The van der Waals surface area contributed by atoms with E-state index in [-0.39, 0.29) is 0 Å². The van der Waals surface area contributed by atoms with Crippen LogP contribution in [0, 0.1) is 6.92 Å². The molecule has 0 aromatic carbocycles. The van der Waals surface area contributed by atoms with E-state index in [9.17, 15) is 0 Å². The predicted octanol–water partition coefficient (Wildman–Crippen LogP) is 1.58. The highest BCUT2D eigenvalue weighted by Crippen LogP contribution is 2.05. The minimum atomic E-state index is 0.607. The van der Waals surface area contributed by atoms with Crippen LogP contribution in [0.2, 0.25) is 0 Å². The molecule has 0 fully saturated rings. The molecule has 2 rings (SSSR count). The average molecular weight is 206 g/mol. The molecule has 0 atom stereocenters. The van der Waals surface area contributed by atoms with Gasteiger partial charge in [-0.25, -0.2) is 4.98 Å². The van der Waals surface area contributed by atoms with E-state index in [0.29, 0.717) is 18.3 Å². The van der Waals surface area contributed by atoms with E-state index in [2.05, 4.69) is 22.0 Å². The summed E-state index contributed by atoms with van der Waals surface area (Å²) in [6, 6.07) is 0. The molecule has 80 valence electrons. The van der Waals surface area contributed by atoms with Gasteiger partial charge in [0.05, 0.1) is 0 Å². The summed E-state index contributed by atoms with van der Waals surface area (Å²) >= 11 is 0. The van der Waals surface area contributed by atoms with Crippen LogP contribution in [-0.2, 0) is 13.0 Å². The van der Waals surface area contributed by atoms with Gasteiger partial charge >= 0.3 is 0 Å². The van der Waals surface area contributed by atoms with E-state index in [1.807, 2.05) is 17.7 Å². The Labute approximate surface area is 88.1 Å². The third-order valence-corrected chi connectivity index (χ3v) is 2.15. The molecule has 15 heavy (non-hydrogen) atoms. The lowest BCUT2D eigenvalue weighted by molar-refractivity contribution is 0.366. The molecule has 0 radical (unpaired) electrons. The number of hydrogen-bond donors (Lipinski definition) is 0. The third kappa shape index (κ3) is 2.23. The van der Waals surface area contributed by atoms with Crippen molar-refractivity contribution in [3.63, 3.8) is 0 Å². The van der Waals surface area contributed by atoms with Gasteiger partial charge < -0.3 is 9.09 Å². The summed E-state index contributed by atoms with van der Waals surface area (Å²) in [5.41, 5.74) is 0. The van der Waals surface area contributed by atoms with Gasteiger partial charge in [0.1, 0.15) is 12.4 Å². The first-order valence-electron chi connectivity index (χ1n) is 5.08. The molecule has 0 saturated heterocycles. The molecule has 0 spiro atoms. The normalized spacial score (nSPS) is 10.8. The summed E-state index contributed by atoms with van der Waals surface area (Å²) < 4.78 is 7.10. The van der Waals surface area contributed by atoms with Crippen LogP contribution in [0.5, 0.6) is 0 Å². The van der Waals surface area contributed by atoms with Crippen LogP contribution in [0.3, 0.4) is 0 Å². The lowest BCUT2D eigenvalue weighted by atomic mass is 10.3. The molecule has 0 aliphatic rings. The fourth-order valence-corrected chi connectivity index (χ4v) is 1.49. The maximum absolute atomic E-state index is 5.06. The highest BCUT2D eigenvalue weighted by Gasteiger charge is 2.06. The number of rotatable bonds is 4. The van der Waals surface area contributed by atoms with E-state index in [0.717, 1.165) is 18.7 Å². The molecule has 5 heteroatoms. The molecule has 0 saturated carbocycles. The second-order valence-electron chi connectivity index (χ2n) is 3.46. The zero-order chi connectivity index (χ0) is 10.7. The van der Waals surface area contributed by atoms with Crippen molar-refractivity contribution in [2.24, 2.45) is 0 Å². The smallest absolute Gasteiger partial charge is 0.246 e. The van der Waals surface area contributed by atoms with Crippen molar-refractivity contribution < 1.29 is 4.52 Å². The molecule has 2 heterocycles. The minimum absolute atomic E-state index is 0.607. The summed E-state index contributed by atoms with van der Waals surface area (Å²) in [6.45, 7) is 4.56. The van der Waals surface area contributed by atoms with Crippen LogP contribution in [-0.4, -0.2) is 19.7 Å². The third-order valence-electron chi connectivity index (χ3n) is 2.15. The lowest BCUT2D eigenvalue weighted by Gasteiger charge is -2.02. The Bertz CT molecular complexity index is 432. The largest absolute Gasteiger partial charge is 0.337 e. The van der Waals surface area contributed by atoms with Gasteiger partial charge in [0, 0.05) is 18.8 Å². The summed E-state index contributed by atoms with van der Waals surface area (Å²) in [6.07, 6.45) is 5.79. The van der Waals surface area contributed by atoms with E-state index >= 15 is 0 Å². The van der Waals surface area contributed by atoms with Gasteiger partial charge in [-0.1, -0.05) is 12.1 Å². The summed E-state index contributed by atoms with van der Waals surface area (Å²) in [5.74, 6) is 2.36. The molecule has 2 aromatic rings. The second-order valence-corrected chi connectivity index (χ2v) is 3.46. The molecular weight excluding hydrogens is 192 g/mol. The summed E-state index contributed by atoms with van der Waals surface area (Å²) in [4.78, 5) is 8.44. The lowest BCUT2D eigenvalue weighted by Crippen LogP contribution is -2.04. The molecule has 2 aromatic heterocycles. The zero-order valence-corrected chi connectivity index (χ0v) is 8.97. The summed E-state index contributed by atoms with van der Waals surface area (Å²) in [5, 5.41) is 3.75. The topological polar surface area (TPSA) is 56.7 Å². The number of aryl methyl sites for hydroxylation is 2. The van der Waals surface area contributed by atoms with Gasteiger partial charge in [-0.15, -0.1) is 0 Å². The average Bonchev–Trinajstić information content (AvgIpc) is 2.78. The zero-order valence-electron chi connectivity index (χ0n) is 8.97. The van der Waals surface area contributed by atoms with Gasteiger partial charge in [-0.05, 0) is 13.3 Å². The second kappa shape index (κ2) is 4.25. The highest BCUT2D eigenvalue weighted by atomic mass is 16.5. The van der Waals surface area contributed by atoms with Crippen LogP contribution in [0.1, 0.15) is 30.9 Å². The van der Waals surface area contributed by atoms with Crippen LogP contribution in [0.15, 0.2) is 16.9 Å². The molecule has 0 N–H and O–H groups in total. The van der Waals surface area contributed by atoms with E-state index in [1.54, 1.807) is 6.20 Å². The molecule has 5 nitrogen and oxygen atoms in total. The Morgan fingerprint density at radius 3 is 3.00 bits per heavy atom. The van der Waals surface area contributed by atoms with Crippen LogP contribution in [0.4, 0.5) is 0 Å². The van der Waals surface area contributed by atoms with Gasteiger partial charge in [-0.3, -0.25) is 0 Å². The van der Waals surface area contributed by atoms with Crippen molar-refractivity contribution in [1.29, 1.82) is 0 Å². The molecule has 0 unspecified atom stereocenters. The molecule has 0 aliphatic carbocycles. The summed E-state index contributed by atoms with van der Waals surface area (Å²) in [7, 11) is 0. The quantitative estimate of drug-likeness (QED) is 0.762. The number of nitrogens with zero attached hydrogens (tertiary/aromatic N) is 4. The maximum atomic E-state index is 5.06. The van der Waals surface area contributed by atoms with E-state index < -0.39 is 0 Å². The van der Waals surface area contributed by atoms with Crippen LogP contribution >= 0.6 is 0 Å². The fourth-order valence-electron chi connectivity index (χ4n) is 1.49. The van der Waals surface area contributed by atoms with Gasteiger partial charge in [0.25, 0.3) is 0 Å². The first-order chi connectivity index (χ1) is 7.29. The van der Waals surface area contributed by atoms with Crippen molar-refractivity contribution >= 4 is 0 Å². The highest BCUT2D eigenvalue weighted by molar-refractivity contribution is 4.96. The Balaban J connectivity index is 2.13. The van der Waals surface area contributed by atoms with Crippen molar-refractivity contribution in [2.75, 3.05) is 0 Å². The molecule has 0 bridgehead atoms. The Morgan fingerprint density at radius 1 is 1.47 bits per heavy atom. The number of aromatic nitrogens is 4. The van der Waals surface area contributed by atoms with Crippen LogP contribution < -0.4 is 0 Å². The van der Waals surface area contributed by atoms with Gasteiger partial charge in [-0.2, -0.15) is 4.98 Å². The Morgan fingerprint density at radius 2 is 2.33 bits per heavy atom. The monoisotopic (exact) mass is 206 g/mol. The number of imidazole rings is 1. The van der Waals surface area contributed by atoms with Crippen molar-refractivity contribution in [3.05, 3.63) is 29.9 Å². The Kier molecular flexibility index (Phi) is 2.80. The van der Waals surface area contributed by atoms with Crippen LogP contribution in [0.25, 0.3) is 0 Å². The number of hydrogen-bond acceptors (Lipinski definition) is 4. The van der Waals surface area contributed by atoms with E-state index in [4.69, 9.17) is 4.52 Å². The minimum Gasteiger partial charge on any atom is -0.337 e. The maximum Gasteiger partial charge on any atom is 0.246 e.